The second kappa shape index (κ2) is 9.45. The van der Waals surface area contributed by atoms with Crippen molar-refractivity contribution in [3.05, 3.63) is 89.5 Å². The summed E-state index contributed by atoms with van der Waals surface area (Å²) in [5, 5.41) is 0.757. The number of thioether (sulfide) groups is 1. The van der Waals surface area contributed by atoms with Crippen LogP contribution in [0.2, 0.25) is 0 Å². The van der Waals surface area contributed by atoms with Gasteiger partial charge in [-0.1, -0.05) is 66.8 Å². The molecule has 1 aromatic heterocycles. The van der Waals surface area contributed by atoms with E-state index in [1.807, 2.05) is 35.2 Å². The first-order valence-electron chi connectivity index (χ1n) is 10.0. The van der Waals surface area contributed by atoms with Gasteiger partial charge < -0.3 is 0 Å². The van der Waals surface area contributed by atoms with Crippen molar-refractivity contribution in [2.24, 2.45) is 0 Å². The summed E-state index contributed by atoms with van der Waals surface area (Å²) in [5.41, 5.74) is 4.34. The van der Waals surface area contributed by atoms with Crippen LogP contribution in [0.15, 0.2) is 77.7 Å². The van der Waals surface area contributed by atoms with Crippen LogP contribution >= 0.6 is 23.1 Å². The van der Waals surface area contributed by atoms with E-state index in [0.29, 0.717) is 13.0 Å². The number of hydrogen-bond acceptors (Lipinski definition) is 4. The number of hydrogen-bond donors (Lipinski definition) is 0. The fourth-order valence-corrected chi connectivity index (χ4v) is 4.79. The number of carbonyl (C=O) groups is 1. The first-order chi connectivity index (χ1) is 14.7. The fraction of sp³-hybridized carbons (Fsp3) is 0.200. The molecule has 0 saturated carbocycles. The van der Waals surface area contributed by atoms with Crippen LogP contribution in [0.1, 0.15) is 23.6 Å². The van der Waals surface area contributed by atoms with Crippen molar-refractivity contribution in [1.29, 1.82) is 0 Å². The Labute approximate surface area is 185 Å². The number of anilines is 1. The Hall–Kier alpha value is -2.63. The summed E-state index contributed by atoms with van der Waals surface area (Å²) in [6, 6.07) is 24.7. The molecule has 1 amide bonds. The molecule has 0 saturated heterocycles. The van der Waals surface area contributed by atoms with Gasteiger partial charge in [-0.15, -0.1) is 11.8 Å². The van der Waals surface area contributed by atoms with Crippen LogP contribution in [-0.4, -0.2) is 17.1 Å². The Kier molecular flexibility index (Phi) is 6.50. The summed E-state index contributed by atoms with van der Waals surface area (Å²) in [6.45, 7) is 2.67. The highest BCUT2D eigenvalue weighted by Gasteiger charge is 2.20. The standard InChI is InChI=1S/C25H24N2OS2/c1-3-18-11-14-22-23(15-18)30-25(26-22)27(17-20-7-5-4-6-8-20)24(28)16-19-9-12-21(29-2)13-10-19/h4-15H,3,16-17H2,1-2H3. The van der Waals surface area contributed by atoms with Gasteiger partial charge in [-0.05, 0) is 53.6 Å². The van der Waals surface area contributed by atoms with E-state index >= 15 is 0 Å². The van der Waals surface area contributed by atoms with Crippen LogP contribution in [0.4, 0.5) is 5.13 Å². The van der Waals surface area contributed by atoms with Gasteiger partial charge >= 0.3 is 0 Å². The fourth-order valence-electron chi connectivity index (χ4n) is 3.33. The van der Waals surface area contributed by atoms with Crippen molar-refractivity contribution >= 4 is 44.4 Å². The lowest BCUT2D eigenvalue weighted by Crippen LogP contribution is -2.31. The Balaban J connectivity index is 1.65. The quantitative estimate of drug-likeness (QED) is 0.319. The molecule has 0 spiro atoms. The molecule has 0 fully saturated rings. The molecular weight excluding hydrogens is 408 g/mol. The molecule has 5 heteroatoms. The number of fused-ring (bicyclic) bond motifs is 1. The predicted octanol–water partition coefficient (Wildman–Crippen LogP) is 6.36. The third-order valence-electron chi connectivity index (χ3n) is 5.08. The minimum absolute atomic E-state index is 0.0607. The number of benzene rings is 3. The average molecular weight is 433 g/mol. The maximum atomic E-state index is 13.4. The Morgan fingerprint density at radius 1 is 0.967 bits per heavy atom. The van der Waals surface area contributed by atoms with Gasteiger partial charge in [0.15, 0.2) is 5.13 Å². The van der Waals surface area contributed by atoms with Gasteiger partial charge in [-0.2, -0.15) is 0 Å². The smallest absolute Gasteiger partial charge is 0.233 e. The summed E-state index contributed by atoms with van der Waals surface area (Å²) >= 11 is 3.29. The van der Waals surface area contributed by atoms with Gasteiger partial charge in [-0.3, -0.25) is 9.69 Å². The molecule has 30 heavy (non-hydrogen) atoms. The van der Waals surface area contributed by atoms with Gasteiger partial charge in [0.25, 0.3) is 0 Å². The molecule has 0 unspecified atom stereocenters. The molecule has 0 N–H and O–H groups in total. The van der Waals surface area contributed by atoms with Crippen molar-refractivity contribution < 1.29 is 4.79 Å². The van der Waals surface area contributed by atoms with Crippen molar-refractivity contribution in [1.82, 2.24) is 4.98 Å². The van der Waals surface area contributed by atoms with Crippen molar-refractivity contribution in [3.8, 4) is 0 Å². The molecule has 0 aliphatic carbocycles. The summed E-state index contributed by atoms with van der Waals surface area (Å²) in [6.07, 6.45) is 3.40. The van der Waals surface area contributed by atoms with Crippen LogP contribution in [0.25, 0.3) is 10.2 Å². The minimum Gasteiger partial charge on any atom is -0.283 e. The monoisotopic (exact) mass is 432 g/mol. The molecule has 152 valence electrons. The lowest BCUT2D eigenvalue weighted by molar-refractivity contribution is -0.118. The van der Waals surface area contributed by atoms with E-state index in [0.717, 1.165) is 32.9 Å². The van der Waals surface area contributed by atoms with Crippen LogP contribution in [0.5, 0.6) is 0 Å². The Morgan fingerprint density at radius 2 is 1.70 bits per heavy atom. The molecule has 3 nitrogen and oxygen atoms in total. The lowest BCUT2D eigenvalue weighted by atomic mass is 10.1. The van der Waals surface area contributed by atoms with Crippen molar-refractivity contribution in [2.45, 2.75) is 31.2 Å². The molecule has 4 aromatic rings. The zero-order valence-corrected chi connectivity index (χ0v) is 18.8. The number of aromatic nitrogens is 1. The second-order valence-corrected chi connectivity index (χ2v) is 9.03. The molecule has 3 aromatic carbocycles. The van der Waals surface area contributed by atoms with Gasteiger partial charge in [-0.25, -0.2) is 4.98 Å². The van der Waals surface area contributed by atoms with E-state index in [4.69, 9.17) is 4.98 Å². The first kappa shape index (κ1) is 20.6. The summed E-state index contributed by atoms with van der Waals surface area (Å²) in [5.74, 6) is 0.0607. The van der Waals surface area contributed by atoms with Gasteiger partial charge in [0.05, 0.1) is 23.2 Å². The van der Waals surface area contributed by atoms with E-state index < -0.39 is 0 Å². The third-order valence-corrected chi connectivity index (χ3v) is 6.86. The lowest BCUT2D eigenvalue weighted by Gasteiger charge is -2.20. The van der Waals surface area contributed by atoms with E-state index in [2.05, 4.69) is 55.6 Å². The average Bonchev–Trinajstić information content (AvgIpc) is 3.21. The van der Waals surface area contributed by atoms with Crippen LogP contribution in [0, 0.1) is 0 Å². The maximum Gasteiger partial charge on any atom is 0.233 e. The SMILES string of the molecule is CCc1ccc2nc(N(Cc3ccccc3)C(=O)Cc3ccc(SC)cc3)sc2c1. The van der Waals surface area contributed by atoms with Gasteiger partial charge in [0, 0.05) is 4.90 Å². The topological polar surface area (TPSA) is 33.2 Å². The first-order valence-corrected chi connectivity index (χ1v) is 12.1. The number of thiazole rings is 1. The summed E-state index contributed by atoms with van der Waals surface area (Å²) in [7, 11) is 0. The minimum atomic E-state index is 0.0607. The number of amides is 1. The van der Waals surface area contributed by atoms with Gasteiger partial charge in [0.1, 0.15) is 0 Å². The second-order valence-electron chi connectivity index (χ2n) is 7.14. The maximum absolute atomic E-state index is 13.4. The highest BCUT2D eigenvalue weighted by Crippen LogP contribution is 2.31. The highest BCUT2D eigenvalue weighted by molar-refractivity contribution is 7.98. The third kappa shape index (κ3) is 4.74. The van der Waals surface area contributed by atoms with E-state index in [-0.39, 0.29) is 5.91 Å². The predicted molar refractivity (Wildman–Crippen MR) is 129 cm³/mol. The van der Waals surface area contributed by atoms with E-state index in [1.54, 1.807) is 23.1 Å². The van der Waals surface area contributed by atoms with Crippen molar-refractivity contribution in [3.63, 3.8) is 0 Å². The summed E-state index contributed by atoms with van der Waals surface area (Å²) in [4.78, 5) is 21.2. The molecule has 0 radical (unpaired) electrons. The molecule has 0 bridgehead atoms. The molecule has 0 atom stereocenters. The molecule has 0 aliphatic heterocycles. The van der Waals surface area contributed by atoms with E-state index in [1.165, 1.54) is 10.5 Å². The Morgan fingerprint density at radius 3 is 2.40 bits per heavy atom. The Bertz CT molecular complexity index is 1140. The largest absolute Gasteiger partial charge is 0.283 e. The van der Waals surface area contributed by atoms with Gasteiger partial charge in [0.2, 0.25) is 5.91 Å². The number of nitrogens with zero attached hydrogens (tertiary/aromatic N) is 2. The van der Waals surface area contributed by atoms with Crippen molar-refractivity contribution in [2.75, 3.05) is 11.2 Å². The van der Waals surface area contributed by atoms with Crippen LogP contribution in [0.3, 0.4) is 0 Å². The molecule has 1 heterocycles. The normalized spacial score (nSPS) is 11.0. The van der Waals surface area contributed by atoms with Crippen LogP contribution in [-0.2, 0) is 24.2 Å². The molecule has 4 rings (SSSR count). The number of carbonyl (C=O) groups excluding carboxylic acids is 1. The summed E-state index contributed by atoms with van der Waals surface area (Å²) < 4.78 is 1.12. The highest BCUT2D eigenvalue weighted by atomic mass is 32.2. The van der Waals surface area contributed by atoms with Crippen LogP contribution < -0.4 is 4.90 Å². The zero-order valence-electron chi connectivity index (χ0n) is 17.2. The zero-order chi connectivity index (χ0) is 20.9. The number of rotatable bonds is 7. The van der Waals surface area contributed by atoms with E-state index in [9.17, 15) is 4.79 Å². The molecular formula is C25H24N2OS2. The molecule has 0 aliphatic rings. The number of aryl methyl sites for hydroxylation is 1.